The van der Waals surface area contributed by atoms with Gasteiger partial charge in [0.2, 0.25) is 11.8 Å². The number of carbonyl (C=O) groups is 4. The molecular weight excluding hydrogens is 546 g/mol. The summed E-state index contributed by atoms with van der Waals surface area (Å²) in [5.41, 5.74) is 6.02. The number of ether oxygens (including phenoxy) is 1. The molecule has 0 bridgehead atoms. The number of nitrogens with zero attached hydrogens (tertiary/aromatic N) is 3. The summed E-state index contributed by atoms with van der Waals surface area (Å²) >= 11 is 1.57. The standard InChI is InChI=1S/C29H41N5O6S/c1-18-23(41-17-31-18)20-10-8-19(9-11-20)15-30-25(37)22-14-21(36)16-33(22)26(38)24(28(2,3)4)32-34(12-13-35)27(39)40-29(5,6)7/h8-11,13,17,21-22,24,32,36H,12,14-16H2,1-7H3,(H,30,37)/t21-,22+,24?/m1/s1. The van der Waals surface area contributed by atoms with Gasteiger partial charge >= 0.3 is 6.09 Å². The number of hydrogen-bond acceptors (Lipinski definition) is 9. The number of aliphatic hydroxyl groups is 1. The van der Waals surface area contributed by atoms with Gasteiger partial charge in [-0.05, 0) is 44.2 Å². The molecule has 3 amide bonds. The van der Waals surface area contributed by atoms with E-state index in [9.17, 15) is 24.3 Å². The number of likely N-dealkylation sites (tertiary alicyclic amines) is 1. The van der Waals surface area contributed by atoms with Gasteiger partial charge in [-0.3, -0.25) is 9.59 Å². The highest BCUT2D eigenvalue weighted by molar-refractivity contribution is 7.13. The molecule has 2 heterocycles. The highest BCUT2D eigenvalue weighted by atomic mass is 32.1. The van der Waals surface area contributed by atoms with Crippen LogP contribution in [-0.4, -0.2) is 81.1 Å². The van der Waals surface area contributed by atoms with Gasteiger partial charge in [0.15, 0.2) is 0 Å². The van der Waals surface area contributed by atoms with Crippen LogP contribution in [0.4, 0.5) is 4.79 Å². The highest BCUT2D eigenvalue weighted by Crippen LogP contribution is 2.28. The summed E-state index contributed by atoms with van der Waals surface area (Å²) < 4.78 is 5.39. The lowest BCUT2D eigenvalue weighted by atomic mass is 9.86. The number of amides is 3. The zero-order valence-corrected chi connectivity index (χ0v) is 25.6. The van der Waals surface area contributed by atoms with Gasteiger partial charge in [-0.1, -0.05) is 45.0 Å². The maximum atomic E-state index is 13.9. The minimum Gasteiger partial charge on any atom is -0.443 e. The largest absolute Gasteiger partial charge is 0.443 e. The van der Waals surface area contributed by atoms with Crippen LogP contribution in [0, 0.1) is 12.3 Å². The third-order valence-corrected chi connectivity index (χ3v) is 7.54. The number of carbonyl (C=O) groups excluding carboxylic acids is 4. The number of β-amino-alcohol motifs (C(OH)–C–C–N with tert-alkyl or cyclic N) is 1. The number of rotatable bonds is 9. The Morgan fingerprint density at radius 3 is 2.39 bits per heavy atom. The van der Waals surface area contributed by atoms with Crippen LogP contribution in [-0.2, 0) is 25.7 Å². The monoisotopic (exact) mass is 587 g/mol. The molecule has 0 radical (unpaired) electrons. The van der Waals surface area contributed by atoms with Crippen LogP contribution in [0.5, 0.6) is 0 Å². The van der Waals surface area contributed by atoms with E-state index >= 15 is 0 Å². The molecule has 1 aliphatic rings. The third kappa shape index (κ3) is 8.57. The maximum Gasteiger partial charge on any atom is 0.425 e. The van der Waals surface area contributed by atoms with E-state index in [2.05, 4.69) is 15.7 Å². The summed E-state index contributed by atoms with van der Waals surface area (Å²) in [6.45, 7) is 12.3. The Kier molecular flexibility index (Phi) is 10.3. The first-order valence-electron chi connectivity index (χ1n) is 13.6. The Morgan fingerprint density at radius 1 is 1.20 bits per heavy atom. The number of nitrogens with one attached hydrogen (secondary N) is 2. The second-order valence-electron chi connectivity index (χ2n) is 12.3. The fourth-order valence-electron chi connectivity index (χ4n) is 4.48. The molecule has 1 aromatic carbocycles. The molecule has 0 aliphatic carbocycles. The van der Waals surface area contributed by atoms with E-state index < -0.39 is 41.2 Å². The van der Waals surface area contributed by atoms with Crippen molar-refractivity contribution in [3.8, 4) is 10.4 Å². The van der Waals surface area contributed by atoms with Crippen LogP contribution in [0.15, 0.2) is 29.8 Å². The number of hydrogen-bond donors (Lipinski definition) is 3. The molecule has 12 heteroatoms. The summed E-state index contributed by atoms with van der Waals surface area (Å²) in [6, 6.07) is 5.92. The molecule has 1 unspecified atom stereocenters. The summed E-state index contributed by atoms with van der Waals surface area (Å²) in [6.07, 6.45) is -1.07. The number of aromatic nitrogens is 1. The van der Waals surface area contributed by atoms with Crippen LogP contribution < -0.4 is 10.7 Å². The highest BCUT2D eigenvalue weighted by Gasteiger charge is 2.45. The Balaban J connectivity index is 1.72. The van der Waals surface area contributed by atoms with Crippen LogP contribution >= 0.6 is 11.3 Å². The lowest BCUT2D eigenvalue weighted by Crippen LogP contribution is -2.61. The minimum atomic E-state index is -1.00. The summed E-state index contributed by atoms with van der Waals surface area (Å²) in [4.78, 5) is 57.9. The summed E-state index contributed by atoms with van der Waals surface area (Å²) in [7, 11) is 0. The van der Waals surface area contributed by atoms with Gasteiger partial charge < -0.3 is 24.9 Å². The molecule has 0 saturated carbocycles. The van der Waals surface area contributed by atoms with Gasteiger partial charge in [-0.2, -0.15) is 0 Å². The first-order chi connectivity index (χ1) is 19.1. The first kappa shape index (κ1) is 32.2. The van der Waals surface area contributed by atoms with E-state index in [4.69, 9.17) is 4.74 Å². The zero-order valence-electron chi connectivity index (χ0n) is 24.8. The van der Waals surface area contributed by atoms with Crippen molar-refractivity contribution in [2.45, 2.75) is 85.2 Å². The molecule has 3 atom stereocenters. The number of thiazole rings is 1. The fraction of sp³-hybridized carbons (Fsp3) is 0.552. The van der Waals surface area contributed by atoms with Crippen molar-refractivity contribution in [3.05, 3.63) is 41.0 Å². The van der Waals surface area contributed by atoms with Crippen molar-refractivity contribution < 1.29 is 29.0 Å². The molecule has 3 N–H and O–H groups in total. The maximum absolute atomic E-state index is 13.9. The second-order valence-corrected chi connectivity index (χ2v) is 13.1. The van der Waals surface area contributed by atoms with Gasteiger partial charge in [0.05, 0.1) is 28.7 Å². The average Bonchev–Trinajstić information content (AvgIpc) is 3.48. The number of aliphatic hydroxyl groups excluding tert-OH is 1. The average molecular weight is 588 g/mol. The van der Waals surface area contributed by atoms with Crippen LogP contribution in [0.1, 0.15) is 59.2 Å². The number of aldehydes is 1. The van der Waals surface area contributed by atoms with E-state index in [1.807, 2.05) is 31.2 Å². The van der Waals surface area contributed by atoms with Crippen molar-refractivity contribution in [1.29, 1.82) is 0 Å². The first-order valence-corrected chi connectivity index (χ1v) is 14.4. The SMILES string of the molecule is Cc1ncsc1-c1ccc(CNC(=O)[C@@H]2C[C@@H](O)CN2C(=O)C(NN(CC=O)C(=O)OC(C)(C)C)C(C)(C)C)cc1. The van der Waals surface area contributed by atoms with Crippen molar-refractivity contribution in [2.75, 3.05) is 13.1 Å². The van der Waals surface area contributed by atoms with Gasteiger partial charge in [-0.15, -0.1) is 11.3 Å². The molecule has 0 spiro atoms. The summed E-state index contributed by atoms with van der Waals surface area (Å²) in [5.74, 6) is -0.861. The normalized spacial score (nSPS) is 18.1. The van der Waals surface area contributed by atoms with Crippen molar-refractivity contribution in [2.24, 2.45) is 5.41 Å². The molecule has 1 aromatic heterocycles. The molecule has 224 valence electrons. The Hall–Kier alpha value is -3.35. The van der Waals surface area contributed by atoms with Gasteiger partial charge in [0.1, 0.15) is 24.0 Å². The third-order valence-electron chi connectivity index (χ3n) is 6.56. The van der Waals surface area contributed by atoms with Crippen molar-refractivity contribution in [3.63, 3.8) is 0 Å². The van der Waals surface area contributed by atoms with Crippen LogP contribution in [0.25, 0.3) is 10.4 Å². The molecule has 11 nitrogen and oxygen atoms in total. The van der Waals surface area contributed by atoms with E-state index in [-0.39, 0.29) is 32.0 Å². The van der Waals surface area contributed by atoms with Crippen molar-refractivity contribution >= 4 is 35.5 Å². The van der Waals surface area contributed by atoms with E-state index in [0.717, 1.165) is 26.7 Å². The molecule has 41 heavy (non-hydrogen) atoms. The molecular formula is C29H41N5O6S. The van der Waals surface area contributed by atoms with Crippen LogP contribution in [0.2, 0.25) is 0 Å². The number of hydrazine groups is 1. The van der Waals surface area contributed by atoms with Crippen molar-refractivity contribution in [1.82, 2.24) is 25.6 Å². The van der Waals surface area contributed by atoms with E-state index in [1.165, 1.54) is 4.90 Å². The number of benzene rings is 1. The van der Waals surface area contributed by atoms with Gasteiger partial charge in [-0.25, -0.2) is 20.2 Å². The second kappa shape index (κ2) is 13.1. The Bertz CT molecular complexity index is 1230. The Morgan fingerprint density at radius 2 is 1.85 bits per heavy atom. The molecule has 1 aliphatic heterocycles. The zero-order chi connectivity index (χ0) is 30.5. The van der Waals surface area contributed by atoms with Gasteiger partial charge in [0, 0.05) is 19.5 Å². The molecule has 2 aromatic rings. The predicted octanol–water partition coefficient (Wildman–Crippen LogP) is 3.05. The van der Waals surface area contributed by atoms with Gasteiger partial charge in [0.25, 0.3) is 0 Å². The van der Waals surface area contributed by atoms with Crippen LogP contribution in [0.3, 0.4) is 0 Å². The molecule has 1 fully saturated rings. The van der Waals surface area contributed by atoms with E-state index in [1.54, 1.807) is 58.4 Å². The smallest absolute Gasteiger partial charge is 0.425 e. The quantitative estimate of drug-likeness (QED) is 0.300. The fourth-order valence-corrected chi connectivity index (χ4v) is 5.29. The molecule has 1 saturated heterocycles. The Labute approximate surface area is 245 Å². The number of aryl methyl sites for hydroxylation is 1. The topological polar surface area (TPSA) is 141 Å². The van der Waals surface area contributed by atoms with E-state index in [0.29, 0.717) is 6.29 Å². The minimum absolute atomic E-state index is 0.0335. The molecule has 3 rings (SSSR count). The summed E-state index contributed by atoms with van der Waals surface area (Å²) in [5, 5.41) is 14.3. The lowest BCUT2D eigenvalue weighted by molar-refractivity contribution is -0.144. The predicted molar refractivity (Wildman–Crippen MR) is 156 cm³/mol. The lowest BCUT2D eigenvalue weighted by Gasteiger charge is -2.38.